The van der Waals surface area contributed by atoms with Crippen LogP contribution in [0.25, 0.3) is 0 Å². The molecule has 2 aliphatic rings. The molecular weight excluding hydrogens is 323 g/mol. The molecule has 24 heavy (non-hydrogen) atoms. The fourth-order valence-electron chi connectivity index (χ4n) is 3.80. The fourth-order valence-corrected chi connectivity index (χ4v) is 3.80. The third-order valence-corrected chi connectivity index (χ3v) is 4.97. The monoisotopic (exact) mass is 343 g/mol. The third-order valence-electron chi connectivity index (χ3n) is 4.97. The van der Waals surface area contributed by atoms with Crippen LogP contribution < -0.4 is 10.1 Å². The van der Waals surface area contributed by atoms with Crippen molar-refractivity contribution < 1.29 is 27.4 Å². The summed E-state index contributed by atoms with van der Waals surface area (Å²) in [6, 6.07) is 4.83. The number of carbonyl (C=O) groups is 1. The van der Waals surface area contributed by atoms with E-state index < -0.39 is 24.3 Å². The number of hydrogen-bond acceptors (Lipinski definition) is 3. The highest BCUT2D eigenvalue weighted by Gasteiger charge is 2.59. The summed E-state index contributed by atoms with van der Waals surface area (Å²) < 4.78 is 49.5. The second-order valence-electron chi connectivity index (χ2n) is 6.89. The third kappa shape index (κ3) is 2.97. The van der Waals surface area contributed by atoms with Gasteiger partial charge < -0.3 is 14.8 Å². The van der Waals surface area contributed by atoms with Gasteiger partial charge in [-0.05, 0) is 18.6 Å². The quantitative estimate of drug-likeness (QED) is 0.914. The summed E-state index contributed by atoms with van der Waals surface area (Å²) in [5, 5.41) is 2.88. The predicted molar refractivity (Wildman–Crippen MR) is 80.5 cm³/mol. The maximum absolute atomic E-state index is 12.9. The van der Waals surface area contributed by atoms with Gasteiger partial charge in [0.05, 0.1) is 11.7 Å². The van der Waals surface area contributed by atoms with E-state index in [-0.39, 0.29) is 29.2 Å². The zero-order valence-electron chi connectivity index (χ0n) is 13.5. The molecule has 4 nitrogen and oxygen atoms in total. The molecule has 3 rings (SSSR count). The molecule has 132 valence electrons. The Morgan fingerprint density at radius 3 is 2.79 bits per heavy atom. The summed E-state index contributed by atoms with van der Waals surface area (Å²) in [6.07, 6.45) is -3.50. The SMILES string of the molecule is CC1(C)[C@H](NC(=O)COc2ccccc2C(F)(F)F)[C@H]2CCO[C@H]21. The smallest absolute Gasteiger partial charge is 0.419 e. The number of para-hydroxylation sites is 1. The number of amides is 1. The van der Waals surface area contributed by atoms with E-state index in [1.165, 1.54) is 18.2 Å². The van der Waals surface area contributed by atoms with Crippen molar-refractivity contribution >= 4 is 5.91 Å². The molecule has 7 heteroatoms. The summed E-state index contributed by atoms with van der Waals surface area (Å²) in [5.74, 6) is -0.489. The van der Waals surface area contributed by atoms with Gasteiger partial charge in [-0.25, -0.2) is 0 Å². The van der Waals surface area contributed by atoms with E-state index >= 15 is 0 Å². The zero-order chi connectivity index (χ0) is 17.5. The van der Waals surface area contributed by atoms with Crippen molar-refractivity contribution in [3.8, 4) is 5.75 Å². The number of alkyl halides is 3. The van der Waals surface area contributed by atoms with E-state index in [1.54, 1.807) is 0 Å². The molecular formula is C17H20F3NO3. The summed E-state index contributed by atoms with van der Waals surface area (Å²) in [4.78, 5) is 12.1. The first-order valence-electron chi connectivity index (χ1n) is 7.91. The molecule has 1 heterocycles. The van der Waals surface area contributed by atoms with Crippen LogP contribution in [0.5, 0.6) is 5.75 Å². The van der Waals surface area contributed by atoms with Crippen LogP contribution in [0.3, 0.4) is 0 Å². The van der Waals surface area contributed by atoms with Gasteiger partial charge in [0.1, 0.15) is 5.75 Å². The Balaban J connectivity index is 1.59. The molecule has 1 aromatic rings. The summed E-state index contributed by atoms with van der Waals surface area (Å²) in [6.45, 7) is 4.27. The maximum Gasteiger partial charge on any atom is 0.419 e. The van der Waals surface area contributed by atoms with Crippen molar-refractivity contribution in [2.24, 2.45) is 11.3 Å². The van der Waals surface area contributed by atoms with Crippen molar-refractivity contribution in [2.45, 2.75) is 38.6 Å². The molecule has 1 amide bonds. The molecule has 0 radical (unpaired) electrons. The van der Waals surface area contributed by atoms with Crippen LogP contribution in [0.4, 0.5) is 13.2 Å². The van der Waals surface area contributed by atoms with E-state index in [4.69, 9.17) is 9.47 Å². The van der Waals surface area contributed by atoms with Crippen LogP contribution in [0.15, 0.2) is 24.3 Å². The van der Waals surface area contributed by atoms with Gasteiger partial charge >= 0.3 is 6.18 Å². The number of rotatable bonds is 4. The number of ether oxygens (including phenoxy) is 2. The molecule has 0 unspecified atom stereocenters. The number of fused-ring (bicyclic) bond motifs is 1. The number of nitrogens with one attached hydrogen (secondary N) is 1. The van der Waals surface area contributed by atoms with Gasteiger partial charge in [-0.2, -0.15) is 13.2 Å². The normalized spacial score (nSPS) is 28.0. The first kappa shape index (κ1) is 17.1. The minimum atomic E-state index is -4.52. The highest BCUT2D eigenvalue weighted by atomic mass is 19.4. The topological polar surface area (TPSA) is 47.6 Å². The molecule has 0 spiro atoms. The summed E-state index contributed by atoms with van der Waals surface area (Å²) >= 11 is 0. The standard InChI is InChI=1S/C17H20F3NO3/c1-16(2)14(10-7-8-23-15(10)16)21-13(22)9-24-12-6-4-3-5-11(12)17(18,19)20/h3-6,10,14-15H,7-9H2,1-2H3,(H,21,22)/t10-,14-,15-/m1/s1. The average molecular weight is 343 g/mol. The van der Waals surface area contributed by atoms with Crippen molar-refractivity contribution in [2.75, 3.05) is 13.2 Å². The summed E-state index contributed by atoms with van der Waals surface area (Å²) in [5.41, 5.74) is -1.06. The predicted octanol–water partition coefficient (Wildman–Crippen LogP) is 3.01. The van der Waals surface area contributed by atoms with E-state index in [2.05, 4.69) is 5.32 Å². The van der Waals surface area contributed by atoms with Gasteiger partial charge in [-0.1, -0.05) is 26.0 Å². The lowest BCUT2D eigenvalue weighted by Crippen LogP contribution is -2.67. The van der Waals surface area contributed by atoms with E-state index in [0.29, 0.717) is 6.61 Å². The Kier molecular flexibility index (Phi) is 4.23. The Morgan fingerprint density at radius 2 is 2.08 bits per heavy atom. The van der Waals surface area contributed by atoms with E-state index in [0.717, 1.165) is 12.5 Å². The highest BCUT2D eigenvalue weighted by Crippen LogP contribution is 2.52. The second-order valence-corrected chi connectivity index (χ2v) is 6.89. The maximum atomic E-state index is 12.9. The van der Waals surface area contributed by atoms with Gasteiger partial charge in [0.15, 0.2) is 6.61 Å². The number of benzene rings is 1. The lowest BCUT2D eigenvalue weighted by atomic mass is 9.57. The zero-order valence-corrected chi connectivity index (χ0v) is 13.5. The van der Waals surface area contributed by atoms with Crippen LogP contribution in [-0.4, -0.2) is 31.3 Å². The Hall–Kier alpha value is -1.76. The Labute approximate surface area is 138 Å². The first-order chi connectivity index (χ1) is 11.2. The van der Waals surface area contributed by atoms with E-state index in [9.17, 15) is 18.0 Å². The van der Waals surface area contributed by atoms with Crippen LogP contribution in [0.1, 0.15) is 25.8 Å². The first-order valence-corrected chi connectivity index (χ1v) is 7.91. The highest BCUT2D eigenvalue weighted by molar-refractivity contribution is 5.78. The van der Waals surface area contributed by atoms with Crippen LogP contribution >= 0.6 is 0 Å². The van der Waals surface area contributed by atoms with Crippen LogP contribution in [0, 0.1) is 11.3 Å². The average Bonchev–Trinajstić information content (AvgIpc) is 2.97. The van der Waals surface area contributed by atoms with Gasteiger partial charge in [0.2, 0.25) is 0 Å². The number of carbonyl (C=O) groups excluding carboxylic acids is 1. The fraction of sp³-hybridized carbons (Fsp3) is 0.588. The van der Waals surface area contributed by atoms with Crippen molar-refractivity contribution in [3.63, 3.8) is 0 Å². The Morgan fingerprint density at radius 1 is 1.38 bits per heavy atom. The molecule has 1 aromatic carbocycles. The van der Waals surface area contributed by atoms with Crippen molar-refractivity contribution in [1.82, 2.24) is 5.32 Å². The molecule has 1 saturated heterocycles. The second kappa shape index (κ2) is 5.95. The van der Waals surface area contributed by atoms with Gasteiger partial charge in [-0.3, -0.25) is 4.79 Å². The number of halogens is 3. The lowest BCUT2D eigenvalue weighted by Gasteiger charge is -2.54. The van der Waals surface area contributed by atoms with Crippen LogP contribution in [0.2, 0.25) is 0 Å². The van der Waals surface area contributed by atoms with E-state index in [1.807, 2.05) is 13.8 Å². The summed E-state index contributed by atoms with van der Waals surface area (Å²) in [7, 11) is 0. The van der Waals surface area contributed by atoms with Gasteiger partial charge in [0, 0.05) is 24.0 Å². The molecule has 2 fully saturated rings. The molecule has 0 bridgehead atoms. The van der Waals surface area contributed by atoms with Crippen LogP contribution in [-0.2, 0) is 15.7 Å². The Bertz CT molecular complexity index is 630. The van der Waals surface area contributed by atoms with Crippen molar-refractivity contribution in [1.29, 1.82) is 0 Å². The minimum absolute atomic E-state index is 0.0426. The molecule has 1 aliphatic carbocycles. The van der Waals surface area contributed by atoms with Gasteiger partial charge in [0.25, 0.3) is 5.91 Å². The van der Waals surface area contributed by atoms with Gasteiger partial charge in [-0.15, -0.1) is 0 Å². The van der Waals surface area contributed by atoms with Crippen molar-refractivity contribution in [3.05, 3.63) is 29.8 Å². The molecule has 1 aliphatic heterocycles. The lowest BCUT2D eigenvalue weighted by molar-refractivity contribution is -0.142. The largest absolute Gasteiger partial charge is 0.483 e. The minimum Gasteiger partial charge on any atom is -0.483 e. The molecule has 3 atom stereocenters. The molecule has 0 aromatic heterocycles. The molecule has 1 N–H and O–H groups in total. The number of hydrogen-bond donors (Lipinski definition) is 1. The molecule has 1 saturated carbocycles.